The molecule has 0 saturated carbocycles. The molecule has 7 heteroatoms. The Balaban J connectivity index is 1.86. The molecule has 0 bridgehead atoms. The summed E-state index contributed by atoms with van der Waals surface area (Å²) in [6.45, 7) is 1.43. The standard InChI is InChI=1S/C13H13BrN6/c14-9-1-2-12-10(7-9)13(11(15)8-17-12)16-3-5-20-6-4-18-19-20/h1-2,4,6-8H,3,5,15H2,(H,16,17). The number of rotatable bonds is 4. The predicted octanol–water partition coefficient (Wildman–Crippen LogP) is 2.28. The van der Waals surface area contributed by atoms with Gasteiger partial charge in [0.25, 0.3) is 0 Å². The van der Waals surface area contributed by atoms with Gasteiger partial charge in [-0.15, -0.1) is 5.10 Å². The summed E-state index contributed by atoms with van der Waals surface area (Å²) in [5, 5.41) is 12.0. The topological polar surface area (TPSA) is 81.6 Å². The highest BCUT2D eigenvalue weighted by Crippen LogP contribution is 2.29. The fourth-order valence-corrected chi connectivity index (χ4v) is 2.39. The van der Waals surface area contributed by atoms with Gasteiger partial charge in [-0.25, -0.2) is 0 Å². The lowest BCUT2D eigenvalue weighted by Gasteiger charge is -2.12. The average molecular weight is 333 g/mol. The second-order valence-electron chi connectivity index (χ2n) is 4.34. The van der Waals surface area contributed by atoms with Crippen LogP contribution in [0.25, 0.3) is 10.9 Å². The third-order valence-corrected chi connectivity index (χ3v) is 3.47. The minimum atomic E-state index is 0.634. The lowest BCUT2D eigenvalue weighted by molar-refractivity contribution is 0.609. The lowest BCUT2D eigenvalue weighted by Crippen LogP contribution is -2.12. The highest BCUT2D eigenvalue weighted by atomic mass is 79.9. The molecular formula is C13H13BrN6. The molecule has 0 unspecified atom stereocenters. The number of fused-ring (bicyclic) bond motifs is 1. The number of aromatic nitrogens is 4. The van der Waals surface area contributed by atoms with E-state index in [0.717, 1.165) is 27.6 Å². The Morgan fingerprint density at radius 2 is 2.25 bits per heavy atom. The van der Waals surface area contributed by atoms with Crippen LogP contribution < -0.4 is 11.1 Å². The molecule has 20 heavy (non-hydrogen) atoms. The van der Waals surface area contributed by atoms with Gasteiger partial charge >= 0.3 is 0 Å². The van der Waals surface area contributed by atoms with E-state index in [1.165, 1.54) is 0 Å². The first-order valence-electron chi connectivity index (χ1n) is 6.16. The number of nitrogens with zero attached hydrogens (tertiary/aromatic N) is 4. The SMILES string of the molecule is Nc1cnc2ccc(Br)cc2c1NCCn1ccnn1. The number of hydrogen-bond acceptors (Lipinski definition) is 5. The maximum atomic E-state index is 6.02. The quantitative estimate of drug-likeness (QED) is 0.766. The van der Waals surface area contributed by atoms with E-state index < -0.39 is 0 Å². The van der Waals surface area contributed by atoms with Crippen LogP contribution in [0.3, 0.4) is 0 Å². The zero-order valence-corrected chi connectivity index (χ0v) is 12.2. The zero-order chi connectivity index (χ0) is 13.9. The molecule has 3 N–H and O–H groups in total. The summed E-state index contributed by atoms with van der Waals surface area (Å²) in [6, 6.07) is 5.93. The molecule has 0 aliphatic carbocycles. The van der Waals surface area contributed by atoms with Crippen molar-refractivity contribution in [2.24, 2.45) is 0 Å². The Morgan fingerprint density at radius 1 is 1.35 bits per heavy atom. The van der Waals surface area contributed by atoms with Crippen LogP contribution in [0, 0.1) is 0 Å². The van der Waals surface area contributed by atoms with Crippen molar-refractivity contribution in [3.8, 4) is 0 Å². The molecule has 2 aromatic heterocycles. The summed E-state index contributed by atoms with van der Waals surface area (Å²) in [7, 11) is 0. The van der Waals surface area contributed by atoms with Crippen molar-refractivity contribution in [2.75, 3.05) is 17.6 Å². The molecule has 1 aromatic carbocycles. The minimum absolute atomic E-state index is 0.634. The first-order chi connectivity index (χ1) is 9.74. The monoisotopic (exact) mass is 332 g/mol. The normalized spacial score (nSPS) is 10.8. The Labute approximate surface area is 124 Å². The first-order valence-corrected chi connectivity index (χ1v) is 6.95. The van der Waals surface area contributed by atoms with Crippen LogP contribution in [0.2, 0.25) is 0 Å². The van der Waals surface area contributed by atoms with E-state index in [1.807, 2.05) is 24.4 Å². The lowest BCUT2D eigenvalue weighted by atomic mass is 10.1. The van der Waals surface area contributed by atoms with Crippen molar-refractivity contribution in [3.05, 3.63) is 41.3 Å². The fraction of sp³-hybridized carbons (Fsp3) is 0.154. The first kappa shape index (κ1) is 12.9. The van der Waals surface area contributed by atoms with E-state index >= 15 is 0 Å². The van der Waals surface area contributed by atoms with Gasteiger partial charge < -0.3 is 11.1 Å². The van der Waals surface area contributed by atoms with E-state index in [2.05, 4.69) is 36.5 Å². The smallest absolute Gasteiger partial charge is 0.0743 e. The number of pyridine rings is 1. The molecular weight excluding hydrogens is 320 g/mol. The van der Waals surface area contributed by atoms with Crippen LogP contribution in [0.5, 0.6) is 0 Å². The maximum Gasteiger partial charge on any atom is 0.0743 e. The fourth-order valence-electron chi connectivity index (χ4n) is 2.02. The molecule has 0 saturated heterocycles. The van der Waals surface area contributed by atoms with Crippen molar-refractivity contribution < 1.29 is 0 Å². The predicted molar refractivity (Wildman–Crippen MR) is 82.4 cm³/mol. The van der Waals surface area contributed by atoms with E-state index in [9.17, 15) is 0 Å². The second kappa shape index (κ2) is 5.46. The van der Waals surface area contributed by atoms with Crippen LogP contribution in [0.4, 0.5) is 11.4 Å². The number of nitrogen functional groups attached to an aromatic ring is 1. The number of hydrogen-bond donors (Lipinski definition) is 2. The molecule has 3 aromatic rings. The maximum absolute atomic E-state index is 6.02. The van der Waals surface area contributed by atoms with Gasteiger partial charge in [-0.2, -0.15) is 0 Å². The molecule has 0 aliphatic rings. The number of nitrogens with two attached hydrogens (primary N) is 1. The van der Waals surface area contributed by atoms with Crippen molar-refractivity contribution in [1.82, 2.24) is 20.0 Å². The Kier molecular flexibility index (Phi) is 3.51. The van der Waals surface area contributed by atoms with Crippen molar-refractivity contribution >= 4 is 38.2 Å². The highest BCUT2D eigenvalue weighted by Gasteiger charge is 2.07. The van der Waals surface area contributed by atoms with Crippen LogP contribution in [0.15, 0.2) is 41.3 Å². The Bertz CT molecular complexity index is 720. The molecule has 0 amide bonds. The Morgan fingerprint density at radius 3 is 3.05 bits per heavy atom. The summed E-state index contributed by atoms with van der Waals surface area (Å²) >= 11 is 3.47. The van der Waals surface area contributed by atoms with E-state index in [4.69, 9.17) is 5.73 Å². The van der Waals surface area contributed by atoms with Gasteiger partial charge in [-0.05, 0) is 18.2 Å². The van der Waals surface area contributed by atoms with E-state index in [0.29, 0.717) is 12.2 Å². The molecule has 0 spiro atoms. The van der Waals surface area contributed by atoms with Gasteiger partial charge in [-0.1, -0.05) is 21.1 Å². The molecule has 6 nitrogen and oxygen atoms in total. The van der Waals surface area contributed by atoms with Crippen LogP contribution in [-0.2, 0) is 6.54 Å². The van der Waals surface area contributed by atoms with Crippen LogP contribution in [-0.4, -0.2) is 26.5 Å². The minimum Gasteiger partial charge on any atom is -0.396 e. The second-order valence-corrected chi connectivity index (χ2v) is 5.26. The molecule has 0 radical (unpaired) electrons. The average Bonchev–Trinajstić information content (AvgIpc) is 2.94. The third-order valence-electron chi connectivity index (χ3n) is 2.97. The van der Waals surface area contributed by atoms with Gasteiger partial charge in [0, 0.05) is 22.6 Å². The third kappa shape index (κ3) is 2.57. The zero-order valence-electron chi connectivity index (χ0n) is 10.6. The van der Waals surface area contributed by atoms with Gasteiger partial charge in [0.15, 0.2) is 0 Å². The van der Waals surface area contributed by atoms with Crippen LogP contribution >= 0.6 is 15.9 Å². The van der Waals surface area contributed by atoms with Crippen molar-refractivity contribution in [1.29, 1.82) is 0 Å². The molecule has 0 aliphatic heterocycles. The van der Waals surface area contributed by atoms with Crippen molar-refractivity contribution in [2.45, 2.75) is 6.54 Å². The highest BCUT2D eigenvalue weighted by molar-refractivity contribution is 9.10. The van der Waals surface area contributed by atoms with Crippen LogP contribution in [0.1, 0.15) is 0 Å². The number of anilines is 2. The molecule has 0 atom stereocenters. The number of nitrogens with one attached hydrogen (secondary N) is 1. The number of halogens is 1. The van der Waals surface area contributed by atoms with Crippen molar-refractivity contribution in [3.63, 3.8) is 0 Å². The van der Waals surface area contributed by atoms with E-state index in [1.54, 1.807) is 17.1 Å². The molecule has 0 fully saturated rings. The van der Waals surface area contributed by atoms with E-state index in [-0.39, 0.29) is 0 Å². The Hall–Kier alpha value is -2.15. The summed E-state index contributed by atoms with van der Waals surface area (Å²) in [5.41, 5.74) is 8.46. The summed E-state index contributed by atoms with van der Waals surface area (Å²) < 4.78 is 2.76. The van der Waals surface area contributed by atoms with Gasteiger partial charge in [0.05, 0.1) is 35.8 Å². The van der Waals surface area contributed by atoms with Gasteiger partial charge in [-0.3, -0.25) is 9.67 Å². The summed E-state index contributed by atoms with van der Waals surface area (Å²) in [4.78, 5) is 4.33. The number of benzene rings is 1. The summed E-state index contributed by atoms with van der Waals surface area (Å²) in [5.74, 6) is 0. The molecule has 3 rings (SSSR count). The molecule has 2 heterocycles. The van der Waals surface area contributed by atoms with Gasteiger partial charge in [0.1, 0.15) is 0 Å². The molecule has 102 valence electrons. The van der Waals surface area contributed by atoms with Gasteiger partial charge in [0.2, 0.25) is 0 Å². The summed E-state index contributed by atoms with van der Waals surface area (Å²) in [6.07, 6.45) is 5.16. The largest absolute Gasteiger partial charge is 0.396 e.